The number of aromatic carboxylic acids is 1. The van der Waals surface area contributed by atoms with E-state index in [1.54, 1.807) is 22.7 Å². The number of nitrogens with zero attached hydrogens (tertiary/aromatic N) is 3. The Kier molecular flexibility index (Phi) is 3.79. The summed E-state index contributed by atoms with van der Waals surface area (Å²) in [5.41, 5.74) is 0.840. The molecule has 2 aromatic heterocycles. The molecule has 3 rings (SSSR count). The Labute approximate surface area is 123 Å². The fourth-order valence-corrected chi connectivity index (χ4v) is 2.68. The lowest BCUT2D eigenvalue weighted by Gasteiger charge is -2.19. The number of carbonyl (C=O) groups is 1. The molecule has 0 aromatic carbocycles. The Morgan fingerprint density at radius 3 is 3.00 bits per heavy atom. The first kappa shape index (κ1) is 13.9. The molecule has 0 bridgehead atoms. The lowest BCUT2D eigenvalue weighted by Crippen LogP contribution is -2.31. The van der Waals surface area contributed by atoms with Crippen LogP contribution in [0.5, 0.6) is 0 Å². The molecule has 21 heavy (non-hydrogen) atoms. The monoisotopic (exact) mass is 288 g/mol. The predicted molar refractivity (Wildman–Crippen MR) is 80.9 cm³/mol. The van der Waals surface area contributed by atoms with Crippen LogP contribution in [0.4, 0.5) is 5.82 Å². The van der Waals surface area contributed by atoms with Crippen LogP contribution < -0.4 is 5.32 Å². The molecule has 0 amide bonds. The number of carboxylic acid groups (broad SMARTS) is 1. The standard InChI is InChI=1S/C15H20N4O2/c1-2-18(11-6-7-11)10-8-16-14-13(15(20)21)19-9-4-3-5-12(19)17-14/h3-5,9,11,16H,2,6-8,10H2,1H3,(H,20,21). The third kappa shape index (κ3) is 2.85. The van der Waals surface area contributed by atoms with Crippen LogP contribution in [0.3, 0.4) is 0 Å². The molecule has 0 spiro atoms. The number of fused-ring (bicyclic) bond motifs is 1. The number of anilines is 1. The van der Waals surface area contributed by atoms with Gasteiger partial charge in [-0.05, 0) is 31.5 Å². The van der Waals surface area contributed by atoms with E-state index >= 15 is 0 Å². The number of pyridine rings is 1. The molecule has 0 unspecified atom stereocenters. The second kappa shape index (κ2) is 5.73. The topological polar surface area (TPSA) is 69.9 Å². The van der Waals surface area contributed by atoms with Gasteiger partial charge in [-0.25, -0.2) is 9.78 Å². The zero-order valence-electron chi connectivity index (χ0n) is 12.1. The molecule has 0 aliphatic heterocycles. The van der Waals surface area contributed by atoms with Crippen LogP contribution >= 0.6 is 0 Å². The van der Waals surface area contributed by atoms with Gasteiger partial charge in [0.05, 0.1) is 0 Å². The maximum atomic E-state index is 11.5. The maximum Gasteiger partial charge on any atom is 0.356 e. The van der Waals surface area contributed by atoms with Gasteiger partial charge in [0.2, 0.25) is 0 Å². The summed E-state index contributed by atoms with van der Waals surface area (Å²) in [5.74, 6) is -0.522. The van der Waals surface area contributed by atoms with Gasteiger partial charge in [-0.3, -0.25) is 9.30 Å². The van der Waals surface area contributed by atoms with Gasteiger partial charge in [0.25, 0.3) is 0 Å². The highest BCUT2D eigenvalue weighted by atomic mass is 16.4. The van der Waals surface area contributed by atoms with Gasteiger partial charge in [0.1, 0.15) is 5.65 Å². The molecule has 2 N–H and O–H groups in total. The van der Waals surface area contributed by atoms with Crippen LogP contribution in [0.2, 0.25) is 0 Å². The van der Waals surface area contributed by atoms with Crippen LogP contribution in [0.25, 0.3) is 5.65 Å². The second-order valence-corrected chi connectivity index (χ2v) is 5.33. The van der Waals surface area contributed by atoms with Gasteiger partial charge >= 0.3 is 5.97 Å². The van der Waals surface area contributed by atoms with E-state index in [0.29, 0.717) is 18.0 Å². The molecule has 0 atom stereocenters. The van der Waals surface area contributed by atoms with Crippen LogP contribution in [0.1, 0.15) is 30.3 Å². The summed E-state index contributed by atoms with van der Waals surface area (Å²) >= 11 is 0. The van der Waals surface area contributed by atoms with Crippen molar-refractivity contribution >= 4 is 17.4 Å². The summed E-state index contributed by atoms with van der Waals surface area (Å²) < 4.78 is 1.60. The van der Waals surface area contributed by atoms with Crippen molar-refractivity contribution in [2.24, 2.45) is 0 Å². The number of carboxylic acids is 1. The molecule has 6 heteroatoms. The van der Waals surface area contributed by atoms with Crippen LogP contribution in [0.15, 0.2) is 24.4 Å². The van der Waals surface area contributed by atoms with E-state index in [1.807, 2.05) is 6.07 Å². The van der Waals surface area contributed by atoms with Crippen molar-refractivity contribution < 1.29 is 9.90 Å². The molecule has 2 heterocycles. The lowest BCUT2D eigenvalue weighted by molar-refractivity contribution is 0.0690. The number of aromatic nitrogens is 2. The SMILES string of the molecule is CCN(CCNc1nc2ccccn2c1C(=O)O)C1CC1. The summed E-state index contributed by atoms with van der Waals surface area (Å²) in [4.78, 5) is 18.2. The normalized spacial score (nSPS) is 14.8. The number of likely N-dealkylation sites (N-methyl/N-ethyl adjacent to an activating group) is 1. The fraction of sp³-hybridized carbons (Fsp3) is 0.467. The van der Waals surface area contributed by atoms with E-state index in [0.717, 1.165) is 19.1 Å². The molecule has 2 aromatic rings. The largest absolute Gasteiger partial charge is 0.476 e. The van der Waals surface area contributed by atoms with Crippen molar-refractivity contribution in [3.8, 4) is 0 Å². The van der Waals surface area contributed by atoms with Gasteiger partial charge in [-0.15, -0.1) is 0 Å². The van der Waals surface area contributed by atoms with E-state index in [-0.39, 0.29) is 5.69 Å². The molecular formula is C15H20N4O2. The van der Waals surface area contributed by atoms with Crippen molar-refractivity contribution in [2.75, 3.05) is 25.0 Å². The highest BCUT2D eigenvalue weighted by Gasteiger charge is 2.27. The number of imidazole rings is 1. The number of rotatable bonds is 7. The molecule has 0 saturated heterocycles. The van der Waals surface area contributed by atoms with Crippen LogP contribution in [0, 0.1) is 0 Å². The maximum absolute atomic E-state index is 11.5. The van der Waals surface area contributed by atoms with Crippen molar-refractivity contribution in [3.63, 3.8) is 0 Å². The van der Waals surface area contributed by atoms with Crippen molar-refractivity contribution in [1.29, 1.82) is 0 Å². The molecule has 0 radical (unpaired) electrons. The summed E-state index contributed by atoms with van der Waals surface area (Å²) in [6.07, 6.45) is 4.28. The van der Waals surface area contributed by atoms with Gasteiger partial charge in [0, 0.05) is 25.3 Å². The smallest absolute Gasteiger partial charge is 0.356 e. The first-order valence-electron chi connectivity index (χ1n) is 7.39. The lowest BCUT2D eigenvalue weighted by atomic mass is 10.4. The second-order valence-electron chi connectivity index (χ2n) is 5.33. The Balaban J connectivity index is 1.73. The number of hydrogen-bond donors (Lipinski definition) is 2. The summed E-state index contributed by atoms with van der Waals surface area (Å²) in [6.45, 7) is 4.80. The zero-order valence-corrected chi connectivity index (χ0v) is 12.1. The molecule has 1 fully saturated rings. The van der Waals surface area contributed by atoms with Gasteiger partial charge in [-0.2, -0.15) is 0 Å². The number of nitrogens with one attached hydrogen (secondary N) is 1. The summed E-state index contributed by atoms with van der Waals surface area (Å²) in [6, 6.07) is 6.18. The van der Waals surface area contributed by atoms with Gasteiger partial charge in [0.15, 0.2) is 11.5 Å². The van der Waals surface area contributed by atoms with E-state index in [9.17, 15) is 9.90 Å². The van der Waals surface area contributed by atoms with Crippen molar-refractivity contribution in [2.45, 2.75) is 25.8 Å². The predicted octanol–water partition coefficient (Wildman–Crippen LogP) is 1.93. The van der Waals surface area contributed by atoms with Crippen molar-refractivity contribution in [3.05, 3.63) is 30.1 Å². The molecule has 1 aliphatic rings. The minimum absolute atomic E-state index is 0.195. The quantitative estimate of drug-likeness (QED) is 0.814. The first-order chi connectivity index (χ1) is 10.2. The molecule has 112 valence electrons. The fourth-order valence-electron chi connectivity index (χ4n) is 2.68. The zero-order chi connectivity index (χ0) is 14.8. The van der Waals surface area contributed by atoms with Crippen molar-refractivity contribution in [1.82, 2.24) is 14.3 Å². The van der Waals surface area contributed by atoms with Gasteiger partial charge in [-0.1, -0.05) is 13.0 Å². The Bertz CT molecular complexity index is 648. The van der Waals surface area contributed by atoms with E-state index in [4.69, 9.17) is 0 Å². The minimum Gasteiger partial charge on any atom is -0.476 e. The van der Waals surface area contributed by atoms with Crippen LogP contribution in [-0.2, 0) is 0 Å². The average molecular weight is 288 g/mol. The highest BCUT2D eigenvalue weighted by molar-refractivity contribution is 5.92. The third-order valence-electron chi connectivity index (χ3n) is 3.89. The van der Waals surface area contributed by atoms with Gasteiger partial charge < -0.3 is 10.4 Å². The minimum atomic E-state index is -0.967. The molecule has 6 nitrogen and oxygen atoms in total. The molecular weight excluding hydrogens is 268 g/mol. The van der Waals surface area contributed by atoms with E-state index < -0.39 is 5.97 Å². The number of hydrogen-bond acceptors (Lipinski definition) is 4. The highest BCUT2D eigenvalue weighted by Crippen LogP contribution is 2.26. The van der Waals surface area contributed by atoms with Crippen LogP contribution in [-0.4, -0.2) is 51.0 Å². The Morgan fingerprint density at radius 1 is 1.52 bits per heavy atom. The molecule has 1 aliphatic carbocycles. The first-order valence-corrected chi connectivity index (χ1v) is 7.39. The van der Waals surface area contributed by atoms with E-state index in [1.165, 1.54) is 12.8 Å². The Morgan fingerprint density at radius 2 is 2.33 bits per heavy atom. The summed E-state index contributed by atoms with van der Waals surface area (Å²) in [7, 11) is 0. The average Bonchev–Trinajstić information content (AvgIpc) is 3.23. The Hall–Kier alpha value is -2.08. The molecule has 1 saturated carbocycles. The van der Waals surface area contributed by atoms with E-state index in [2.05, 4.69) is 22.1 Å². The third-order valence-corrected chi connectivity index (χ3v) is 3.89. The summed E-state index contributed by atoms with van der Waals surface area (Å²) in [5, 5.41) is 12.6.